The number of nitrogens with zero attached hydrogens (tertiary/aromatic N) is 1. The van der Waals surface area contributed by atoms with Gasteiger partial charge in [0, 0.05) is 12.1 Å². The fourth-order valence-electron chi connectivity index (χ4n) is 3.74. The first-order chi connectivity index (χ1) is 15.4. The maximum atomic E-state index is 13.1. The molecule has 2 heterocycles. The third-order valence-corrected chi connectivity index (χ3v) is 5.07. The number of hydrogen-bond donors (Lipinski definition) is 3. The number of nitro groups is 1. The Labute approximate surface area is 180 Å². The molecule has 4 rings (SSSR count). The van der Waals surface area contributed by atoms with E-state index in [4.69, 9.17) is 4.74 Å². The van der Waals surface area contributed by atoms with Crippen molar-refractivity contribution in [3.8, 4) is 0 Å². The number of hydrogen-bond acceptors (Lipinski definition) is 7. The number of rotatable bonds is 5. The molecular formula is C22H18N4O6. The van der Waals surface area contributed by atoms with E-state index in [0.717, 1.165) is 0 Å². The molecular weight excluding hydrogens is 416 g/mol. The Hall–Kier alpha value is -4.47. The molecule has 0 saturated heterocycles. The van der Waals surface area contributed by atoms with Gasteiger partial charge in [0.15, 0.2) is 0 Å². The lowest BCUT2D eigenvalue weighted by molar-refractivity contribution is -0.384. The van der Waals surface area contributed by atoms with Crippen molar-refractivity contribution in [3.63, 3.8) is 0 Å². The Bertz CT molecular complexity index is 1340. The number of anilines is 1. The molecule has 1 aliphatic rings. The van der Waals surface area contributed by atoms with Gasteiger partial charge in [0.1, 0.15) is 5.82 Å². The molecule has 1 aliphatic heterocycles. The highest BCUT2D eigenvalue weighted by Crippen LogP contribution is 2.42. The topological polar surface area (TPSA) is 147 Å². The Morgan fingerprint density at radius 2 is 1.75 bits per heavy atom. The third kappa shape index (κ3) is 3.69. The van der Waals surface area contributed by atoms with Crippen LogP contribution in [0.15, 0.2) is 69.8 Å². The molecule has 162 valence electrons. The summed E-state index contributed by atoms with van der Waals surface area (Å²) < 4.78 is 5.30. The Morgan fingerprint density at radius 3 is 2.38 bits per heavy atom. The molecule has 1 atom stereocenters. The summed E-state index contributed by atoms with van der Waals surface area (Å²) in [4.78, 5) is 53.2. The zero-order chi connectivity index (χ0) is 22.8. The first-order valence-corrected chi connectivity index (χ1v) is 9.75. The van der Waals surface area contributed by atoms with Gasteiger partial charge >= 0.3 is 11.7 Å². The minimum atomic E-state index is -0.850. The number of carbonyl (C=O) groups excluding carboxylic acids is 1. The molecule has 0 saturated carbocycles. The average Bonchev–Trinajstić information content (AvgIpc) is 2.78. The molecule has 3 N–H and O–H groups in total. The van der Waals surface area contributed by atoms with Crippen molar-refractivity contribution >= 4 is 23.2 Å². The summed E-state index contributed by atoms with van der Waals surface area (Å²) in [5.41, 5.74) is 0.196. The maximum absolute atomic E-state index is 13.1. The second-order valence-electron chi connectivity index (χ2n) is 6.98. The Balaban J connectivity index is 2.03. The van der Waals surface area contributed by atoms with Crippen molar-refractivity contribution in [2.75, 3.05) is 11.9 Å². The van der Waals surface area contributed by atoms with Crippen LogP contribution in [0.1, 0.15) is 29.5 Å². The molecule has 3 aromatic rings. The van der Waals surface area contributed by atoms with Gasteiger partial charge in [-0.3, -0.25) is 24.9 Å². The van der Waals surface area contributed by atoms with Crippen LogP contribution in [0, 0.1) is 10.1 Å². The SMILES string of the molecule is CCOC(=O)C1=C(c2ccc([N+](=O)[O-])cc2)Nc2[nH]c(=O)[nH]c(=O)c2[C@H]1c1ccccc1. The number of nitro benzene ring substituents is 1. The van der Waals surface area contributed by atoms with Crippen molar-refractivity contribution < 1.29 is 14.5 Å². The zero-order valence-electron chi connectivity index (χ0n) is 16.9. The Kier molecular flexibility index (Phi) is 5.42. The Morgan fingerprint density at radius 1 is 1.06 bits per heavy atom. The normalized spacial score (nSPS) is 15.0. The van der Waals surface area contributed by atoms with E-state index >= 15 is 0 Å². The van der Waals surface area contributed by atoms with Crippen molar-refractivity contribution in [2.45, 2.75) is 12.8 Å². The van der Waals surface area contributed by atoms with Gasteiger partial charge in [0.25, 0.3) is 11.2 Å². The quantitative estimate of drug-likeness (QED) is 0.317. The predicted molar refractivity (Wildman–Crippen MR) is 116 cm³/mol. The lowest BCUT2D eigenvalue weighted by Crippen LogP contribution is -2.35. The van der Waals surface area contributed by atoms with Gasteiger partial charge < -0.3 is 10.1 Å². The van der Waals surface area contributed by atoms with Crippen molar-refractivity contribution in [1.82, 2.24) is 9.97 Å². The first-order valence-electron chi connectivity index (χ1n) is 9.75. The van der Waals surface area contributed by atoms with Gasteiger partial charge in [-0.2, -0.15) is 0 Å². The van der Waals surface area contributed by atoms with Gasteiger partial charge in [0.05, 0.1) is 34.3 Å². The average molecular weight is 434 g/mol. The minimum Gasteiger partial charge on any atom is -0.463 e. The predicted octanol–water partition coefficient (Wildman–Crippen LogP) is 2.50. The summed E-state index contributed by atoms with van der Waals surface area (Å²) in [5.74, 6) is -1.37. The van der Waals surface area contributed by atoms with Crippen LogP contribution in [0.5, 0.6) is 0 Å². The first kappa shape index (κ1) is 20.8. The van der Waals surface area contributed by atoms with E-state index in [9.17, 15) is 24.5 Å². The van der Waals surface area contributed by atoms with Gasteiger partial charge in [-0.15, -0.1) is 0 Å². The number of fused-ring (bicyclic) bond motifs is 1. The molecule has 32 heavy (non-hydrogen) atoms. The number of aromatic nitrogens is 2. The second kappa shape index (κ2) is 8.34. The molecule has 0 bridgehead atoms. The highest BCUT2D eigenvalue weighted by Gasteiger charge is 2.37. The molecule has 0 fully saturated rings. The second-order valence-corrected chi connectivity index (χ2v) is 6.98. The molecule has 10 nitrogen and oxygen atoms in total. The lowest BCUT2D eigenvalue weighted by atomic mass is 9.81. The summed E-state index contributed by atoms with van der Waals surface area (Å²) in [6.07, 6.45) is 0. The molecule has 0 spiro atoms. The fraction of sp³-hybridized carbons (Fsp3) is 0.136. The highest BCUT2D eigenvalue weighted by molar-refractivity contribution is 6.04. The van der Waals surface area contributed by atoms with Crippen molar-refractivity contribution in [1.29, 1.82) is 0 Å². The summed E-state index contributed by atoms with van der Waals surface area (Å²) in [7, 11) is 0. The molecule has 0 radical (unpaired) electrons. The summed E-state index contributed by atoms with van der Waals surface area (Å²) >= 11 is 0. The third-order valence-electron chi connectivity index (χ3n) is 5.07. The van der Waals surface area contributed by atoms with E-state index in [-0.39, 0.29) is 34.9 Å². The van der Waals surface area contributed by atoms with E-state index < -0.39 is 28.1 Å². The van der Waals surface area contributed by atoms with Crippen LogP contribution in [-0.4, -0.2) is 27.5 Å². The zero-order valence-corrected chi connectivity index (χ0v) is 16.9. The highest BCUT2D eigenvalue weighted by atomic mass is 16.6. The van der Waals surface area contributed by atoms with E-state index in [2.05, 4.69) is 15.3 Å². The molecule has 10 heteroatoms. The number of esters is 1. The number of ether oxygens (including phenoxy) is 1. The van der Waals surface area contributed by atoms with Crippen LogP contribution >= 0.6 is 0 Å². The van der Waals surface area contributed by atoms with Gasteiger partial charge in [-0.1, -0.05) is 30.3 Å². The smallest absolute Gasteiger partial charge is 0.337 e. The minimum absolute atomic E-state index is 0.103. The van der Waals surface area contributed by atoms with Gasteiger partial charge in [-0.25, -0.2) is 9.59 Å². The molecule has 1 aromatic heterocycles. The van der Waals surface area contributed by atoms with Crippen molar-refractivity contribution in [2.24, 2.45) is 0 Å². The standard InChI is InChI=1S/C22H18N4O6/c1-2-32-21(28)16-15(12-6-4-3-5-7-12)17-19(24-22(29)25-20(17)27)23-18(16)13-8-10-14(11-9-13)26(30)31/h3-11,15H,2H2,1H3,(H3,23,24,25,27,29)/t15-/m0/s1. The van der Waals surface area contributed by atoms with Crippen LogP contribution in [-0.2, 0) is 9.53 Å². The number of H-pyrrole nitrogens is 2. The van der Waals surface area contributed by atoms with Gasteiger partial charge in [0.2, 0.25) is 0 Å². The summed E-state index contributed by atoms with van der Waals surface area (Å²) in [6.45, 7) is 1.77. The van der Waals surface area contributed by atoms with Crippen LogP contribution < -0.4 is 16.6 Å². The fourth-order valence-corrected chi connectivity index (χ4v) is 3.74. The van der Waals surface area contributed by atoms with E-state index in [1.807, 2.05) is 0 Å². The number of carbonyl (C=O) groups is 1. The van der Waals surface area contributed by atoms with Crippen LogP contribution in [0.4, 0.5) is 11.5 Å². The van der Waals surface area contributed by atoms with E-state index in [1.54, 1.807) is 37.3 Å². The van der Waals surface area contributed by atoms with Gasteiger partial charge in [-0.05, 0) is 30.2 Å². The number of aromatic amines is 2. The number of nitrogens with one attached hydrogen (secondary N) is 3. The summed E-state index contributed by atoms with van der Waals surface area (Å²) in [5, 5.41) is 14.0. The number of non-ortho nitro benzene ring substituents is 1. The van der Waals surface area contributed by atoms with Crippen LogP contribution in [0.3, 0.4) is 0 Å². The largest absolute Gasteiger partial charge is 0.463 e. The van der Waals surface area contributed by atoms with Crippen LogP contribution in [0.2, 0.25) is 0 Å². The summed E-state index contributed by atoms with van der Waals surface area (Å²) in [6, 6.07) is 14.4. The lowest BCUT2D eigenvalue weighted by Gasteiger charge is -2.30. The van der Waals surface area contributed by atoms with Crippen LogP contribution in [0.25, 0.3) is 5.70 Å². The maximum Gasteiger partial charge on any atom is 0.337 e. The number of benzene rings is 2. The van der Waals surface area contributed by atoms with E-state index in [1.165, 1.54) is 24.3 Å². The monoisotopic (exact) mass is 434 g/mol. The molecule has 0 amide bonds. The molecule has 0 aliphatic carbocycles. The molecule has 2 aromatic carbocycles. The van der Waals surface area contributed by atoms with Crippen molar-refractivity contribution in [3.05, 3.63) is 108 Å². The van der Waals surface area contributed by atoms with E-state index in [0.29, 0.717) is 11.1 Å². The molecule has 0 unspecified atom stereocenters.